The van der Waals surface area contributed by atoms with Crippen molar-refractivity contribution in [3.05, 3.63) is 64.3 Å². The molecule has 1 aliphatic heterocycles. The number of benzene rings is 1. The summed E-state index contributed by atoms with van der Waals surface area (Å²) in [5.74, 6) is 0.158. The van der Waals surface area contributed by atoms with Gasteiger partial charge in [-0.3, -0.25) is 4.79 Å². The van der Waals surface area contributed by atoms with E-state index < -0.39 is 10.0 Å². The highest BCUT2D eigenvalue weighted by atomic mass is 32.2. The largest absolute Gasteiger partial charge is 0.345 e. The third kappa shape index (κ3) is 4.58. The molecule has 160 valence electrons. The van der Waals surface area contributed by atoms with Crippen molar-refractivity contribution >= 4 is 21.9 Å². The molecule has 0 amide bonds. The van der Waals surface area contributed by atoms with Gasteiger partial charge in [0.15, 0.2) is 0 Å². The molecule has 2 heterocycles. The van der Waals surface area contributed by atoms with Crippen molar-refractivity contribution in [1.29, 1.82) is 0 Å². The summed E-state index contributed by atoms with van der Waals surface area (Å²) in [6.45, 7) is 6.69. The van der Waals surface area contributed by atoms with E-state index in [1.165, 1.54) is 22.6 Å². The topological polar surface area (TPSA) is 63.8 Å². The van der Waals surface area contributed by atoms with Crippen LogP contribution in [-0.4, -0.2) is 55.8 Å². The lowest BCUT2D eigenvalue weighted by atomic mass is 10.1. The molecule has 2 fully saturated rings. The number of piperazine rings is 1. The van der Waals surface area contributed by atoms with Gasteiger partial charge in [0.25, 0.3) is 0 Å². The molecule has 1 aromatic heterocycles. The van der Waals surface area contributed by atoms with Crippen LogP contribution in [0.4, 0.5) is 0 Å². The second kappa shape index (κ2) is 8.49. The first-order valence-electron chi connectivity index (χ1n) is 10.6. The molecule has 1 saturated carbocycles. The van der Waals surface area contributed by atoms with Gasteiger partial charge in [-0.05, 0) is 44.4 Å². The number of aryl methyl sites for hydroxylation is 1. The highest BCUT2D eigenvalue weighted by Gasteiger charge is 2.31. The van der Waals surface area contributed by atoms with Crippen LogP contribution in [0.1, 0.15) is 46.2 Å². The van der Waals surface area contributed by atoms with Crippen LogP contribution < -0.4 is 4.90 Å². The van der Waals surface area contributed by atoms with Gasteiger partial charge in [0.05, 0.1) is 26.2 Å². The molecule has 4 rings (SSSR count). The fraction of sp³-hybridized carbons (Fsp3) is 0.435. The molecule has 2 aliphatic rings. The minimum atomic E-state index is -3.45. The lowest BCUT2D eigenvalue weighted by Crippen LogP contribution is -3.15. The summed E-state index contributed by atoms with van der Waals surface area (Å²) >= 11 is 0. The van der Waals surface area contributed by atoms with Crippen LogP contribution in [-0.2, 0) is 10.0 Å². The minimum Gasteiger partial charge on any atom is -0.345 e. The highest BCUT2D eigenvalue weighted by Crippen LogP contribution is 2.38. The average molecular weight is 429 g/mol. The van der Waals surface area contributed by atoms with Gasteiger partial charge in [-0.2, -0.15) is 4.31 Å². The van der Waals surface area contributed by atoms with Crippen molar-refractivity contribution in [2.24, 2.45) is 0 Å². The highest BCUT2D eigenvalue weighted by molar-refractivity contribution is 7.92. The number of sulfonamides is 1. The third-order valence-electron chi connectivity index (χ3n) is 6.13. The smallest absolute Gasteiger partial charge is 0.236 e. The van der Waals surface area contributed by atoms with Crippen LogP contribution in [0.5, 0.6) is 0 Å². The molecule has 2 aromatic rings. The molecule has 7 heteroatoms. The van der Waals surface area contributed by atoms with Gasteiger partial charge in [0.2, 0.25) is 15.8 Å². The quantitative estimate of drug-likeness (QED) is 0.685. The van der Waals surface area contributed by atoms with E-state index in [4.69, 9.17) is 0 Å². The normalized spacial score (nSPS) is 18.9. The van der Waals surface area contributed by atoms with Gasteiger partial charge < -0.3 is 9.47 Å². The Balaban J connectivity index is 1.34. The van der Waals surface area contributed by atoms with Gasteiger partial charge in [-0.1, -0.05) is 30.3 Å². The molecule has 0 unspecified atom stereocenters. The fourth-order valence-electron chi connectivity index (χ4n) is 4.32. The summed E-state index contributed by atoms with van der Waals surface area (Å²) < 4.78 is 29.1. The van der Waals surface area contributed by atoms with Crippen LogP contribution in [0, 0.1) is 13.8 Å². The number of aromatic nitrogens is 1. The lowest BCUT2D eigenvalue weighted by molar-refractivity contribution is -0.895. The molecule has 0 spiro atoms. The van der Waals surface area contributed by atoms with E-state index in [1.807, 2.05) is 43.3 Å². The SMILES string of the molecule is Cc1cc(C(=O)C[NH+]2CCN(S(=O)(=O)/C=C/c3ccccc3)CC2)c(C)n1C1CC1. The summed E-state index contributed by atoms with van der Waals surface area (Å²) in [6.07, 6.45) is 4.03. The van der Waals surface area contributed by atoms with Gasteiger partial charge in [-0.15, -0.1) is 0 Å². The van der Waals surface area contributed by atoms with E-state index >= 15 is 0 Å². The van der Waals surface area contributed by atoms with Gasteiger partial charge in [-0.25, -0.2) is 8.42 Å². The molecule has 1 saturated heterocycles. The van der Waals surface area contributed by atoms with E-state index in [-0.39, 0.29) is 5.78 Å². The maximum Gasteiger partial charge on any atom is 0.236 e. The molecule has 1 aromatic carbocycles. The molecular weight excluding hydrogens is 398 g/mol. The van der Waals surface area contributed by atoms with Crippen LogP contribution in [0.3, 0.4) is 0 Å². The Labute approximate surface area is 178 Å². The Hall–Kier alpha value is -2.22. The van der Waals surface area contributed by atoms with Gasteiger partial charge >= 0.3 is 0 Å². The maximum atomic E-state index is 12.9. The van der Waals surface area contributed by atoms with Gasteiger partial charge in [0, 0.05) is 28.4 Å². The fourth-order valence-corrected chi connectivity index (χ4v) is 5.52. The number of nitrogens with one attached hydrogen (secondary N) is 1. The monoisotopic (exact) mass is 428 g/mol. The molecule has 0 bridgehead atoms. The standard InChI is InChI=1S/C23H29N3O3S/c1-18-16-22(19(2)26(18)21-8-9-21)23(27)17-24-11-13-25(14-12-24)30(28,29)15-10-20-6-4-3-5-7-20/h3-7,10,15-16,21H,8-9,11-14,17H2,1-2H3/p+1/b15-10+. The molecule has 30 heavy (non-hydrogen) atoms. The van der Waals surface area contributed by atoms with Crippen LogP contribution in [0.15, 0.2) is 41.8 Å². The van der Waals surface area contributed by atoms with Crippen molar-refractivity contribution in [1.82, 2.24) is 8.87 Å². The number of hydrogen-bond acceptors (Lipinski definition) is 3. The third-order valence-corrected chi connectivity index (χ3v) is 7.69. The minimum absolute atomic E-state index is 0.158. The number of hydrogen-bond donors (Lipinski definition) is 1. The Bertz CT molecular complexity index is 1040. The first kappa shape index (κ1) is 21.0. The number of Topliss-reactive ketones (excluding diaryl/α,β-unsaturated/α-hetero) is 1. The summed E-state index contributed by atoms with van der Waals surface area (Å²) in [7, 11) is -3.45. The Morgan fingerprint density at radius 3 is 2.43 bits per heavy atom. The zero-order chi connectivity index (χ0) is 21.3. The second-order valence-electron chi connectivity index (χ2n) is 8.39. The molecule has 1 N–H and O–H groups in total. The van der Waals surface area contributed by atoms with Crippen LogP contribution >= 0.6 is 0 Å². The predicted molar refractivity (Wildman–Crippen MR) is 118 cm³/mol. The summed E-state index contributed by atoms with van der Waals surface area (Å²) in [6, 6.07) is 12.0. The zero-order valence-electron chi connectivity index (χ0n) is 17.7. The van der Waals surface area contributed by atoms with E-state index in [0.717, 1.165) is 27.4 Å². The number of nitrogens with zero attached hydrogens (tertiary/aromatic N) is 2. The zero-order valence-corrected chi connectivity index (χ0v) is 18.5. The first-order valence-corrected chi connectivity index (χ1v) is 12.1. The number of carbonyl (C=O) groups is 1. The number of rotatable bonds is 7. The molecule has 0 atom stereocenters. The average Bonchev–Trinajstić information content (AvgIpc) is 3.52. The summed E-state index contributed by atoms with van der Waals surface area (Å²) in [5.41, 5.74) is 3.92. The first-order chi connectivity index (χ1) is 14.3. The van der Waals surface area contributed by atoms with Crippen molar-refractivity contribution in [3.63, 3.8) is 0 Å². The number of carbonyl (C=O) groups excluding carboxylic acids is 1. The van der Waals surface area contributed by atoms with E-state index in [0.29, 0.717) is 38.8 Å². The van der Waals surface area contributed by atoms with Crippen molar-refractivity contribution in [2.75, 3.05) is 32.7 Å². The van der Waals surface area contributed by atoms with Crippen LogP contribution in [0.25, 0.3) is 6.08 Å². The Morgan fingerprint density at radius 1 is 1.13 bits per heavy atom. The van der Waals surface area contributed by atoms with E-state index in [9.17, 15) is 13.2 Å². The molecular formula is C23H30N3O3S+. The Morgan fingerprint density at radius 2 is 1.80 bits per heavy atom. The second-order valence-corrected chi connectivity index (χ2v) is 10.2. The Kier molecular flexibility index (Phi) is 5.95. The van der Waals surface area contributed by atoms with Crippen molar-refractivity contribution in [3.8, 4) is 0 Å². The maximum absolute atomic E-state index is 12.9. The molecule has 1 aliphatic carbocycles. The van der Waals surface area contributed by atoms with Gasteiger partial charge in [0.1, 0.15) is 6.54 Å². The van der Waals surface area contributed by atoms with E-state index in [1.54, 1.807) is 6.08 Å². The van der Waals surface area contributed by atoms with Crippen molar-refractivity contribution in [2.45, 2.75) is 32.7 Å². The van der Waals surface area contributed by atoms with Crippen LogP contribution in [0.2, 0.25) is 0 Å². The number of ketones is 1. The van der Waals surface area contributed by atoms with Crippen molar-refractivity contribution < 1.29 is 18.1 Å². The number of quaternary nitrogens is 1. The lowest BCUT2D eigenvalue weighted by Gasteiger charge is -2.30. The predicted octanol–water partition coefficient (Wildman–Crippen LogP) is 1.82. The molecule has 6 nitrogen and oxygen atoms in total. The summed E-state index contributed by atoms with van der Waals surface area (Å²) in [5, 5.41) is 1.28. The van der Waals surface area contributed by atoms with E-state index in [2.05, 4.69) is 11.5 Å². The molecule has 0 radical (unpaired) electrons. The summed E-state index contributed by atoms with van der Waals surface area (Å²) in [4.78, 5) is 14.1.